The Bertz CT molecular complexity index is 762. The van der Waals surface area contributed by atoms with Gasteiger partial charge in [-0.1, -0.05) is 15.9 Å². The highest BCUT2D eigenvalue weighted by molar-refractivity contribution is 9.11. The van der Waals surface area contributed by atoms with Crippen LogP contribution in [-0.4, -0.2) is 20.5 Å². The van der Waals surface area contributed by atoms with Gasteiger partial charge in [0.25, 0.3) is 10.0 Å². The van der Waals surface area contributed by atoms with Gasteiger partial charge in [0.05, 0.1) is 19.0 Å². The first-order chi connectivity index (χ1) is 9.83. The van der Waals surface area contributed by atoms with Gasteiger partial charge in [0, 0.05) is 15.0 Å². The highest BCUT2D eigenvalue weighted by Crippen LogP contribution is 2.30. The number of halogens is 2. The molecule has 0 fully saturated rings. The van der Waals surface area contributed by atoms with Crippen molar-refractivity contribution in [1.29, 1.82) is 0 Å². The van der Waals surface area contributed by atoms with Crippen molar-refractivity contribution in [3.63, 3.8) is 0 Å². The molecule has 1 N–H and O–H groups in total. The molecule has 2 aromatic rings. The Hall–Kier alpha value is -1.12. The van der Waals surface area contributed by atoms with Crippen LogP contribution in [0, 0.1) is 6.92 Å². The van der Waals surface area contributed by atoms with Crippen LogP contribution >= 0.6 is 31.9 Å². The van der Waals surface area contributed by atoms with Crippen LogP contribution < -0.4 is 9.46 Å². The van der Waals surface area contributed by atoms with Crippen molar-refractivity contribution in [2.75, 3.05) is 11.8 Å². The topological polar surface area (TPSA) is 68.3 Å². The maximum absolute atomic E-state index is 12.4. The highest BCUT2D eigenvalue weighted by atomic mass is 79.9. The number of ether oxygens (including phenoxy) is 1. The molecule has 0 radical (unpaired) electrons. The SMILES string of the molecule is COc1ccc(NS(=O)(=O)c2cc(Br)c(C)cc2Br)cn1. The predicted molar refractivity (Wildman–Crippen MR) is 88.2 cm³/mol. The molecule has 0 aliphatic carbocycles. The first kappa shape index (κ1) is 16.3. The fourth-order valence-corrected chi connectivity index (χ4v) is 4.33. The Labute approximate surface area is 140 Å². The van der Waals surface area contributed by atoms with Crippen molar-refractivity contribution in [2.24, 2.45) is 0 Å². The van der Waals surface area contributed by atoms with Gasteiger partial charge in [0.2, 0.25) is 5.88 Å². The fraction of sp³-hybridized carbons (Fsp3) is 0.154. The quantitative estimate of drug-likeness (QED) is 0.794. The number of anilines is 1. The van der Waals surface area contributed by atoms with E-state index < -0.39 is 10.0 Å². The number of pyridine rings is 1. The lowest BCUT2D eigenvalue weighted by Crippen LogP contribution is -2.14. The van der Waals surface area contributed by atoms with Crippen LogP contribution in [0.5, 0.6) is 5.88 Å². The Balaban J connectivity index is 2.35. The molecule has 2 rings (SSSR count). The van der Waals surface area contributed by atoms with Gasteiger partial charge in [-0.3, -0.25) is 4.72 Å². The van der Waals surface area contributed by atoms with E-state index >= 15 is 0 Å². The van der Waals surface area contributed by atoms with Crippen LogP contribution in [0.2, 0.25) is 0 Å². The van der Waals surface area contributed by atoms with Crippen LogP contribution in [0.3, 0.4) is 0 Å². The van der Waals surface area contributed by atoms with E-state index in [9.17, 15) is 8.42 Å². The summed E-state index contributed by atoms with van der Waals surface area (Å²) in [5.41, 5.74) is 1.30. The summed E-state index contributed by atoms with van der Waals surface area (Å²) in [7, 11) is -2.22. The van der Waals surface area contributed by atoms with Gasteiger partial charge in [0.15, 0.2) is 0 Å². The molecule has 0 bridgehead atoms. The average molecular weight is 436 g/mol. The zero-order chi connectivity index (χ0) is 15.6. The molecular weight excluding hydrogens is 424 g/mol. The third-order valence-corrected chi connectivity index (χ3v) is 5.89. The molecule has 1 heterocycles. The number of nitrogens with zero attached hydrogens (tertiary/aromatic N) is 1. The van der Waals surface area contributed by atoms with Crippen molar-refractivity contribution < 1.29 is 13.2 Å². The molecule has 5 nitrogen and oxygen atoms in total. The molecule has 21 heavy (non-hydrogen) atoms. The van der Waals surface area contributed by atoms with Crippen LogP contribution in [0.4, 0.5) is 5.69 Å². The summed E-state index contributed by atoms with van der Waals surface area (Å²) >= 11 is 6.61. The summed E-state index contributed by atoms with van der Waals surface area (Å²) in [4.78, 5) is 4.11. The Kier molecular flexibility index (Phi) is 4.90. The van der Waals surface area contributed by atoms with E-state index in [4.69, 9.17) is 4.74 Å². The number of benzene rings is 1. The molecule has 0 saturated heterocycles. The number of hydrogen-bond donors (Lipinski definition) is 1. The minimum atomic E-state index is -3.71. The predicted octanol–water partition coefficient (Wildman–Crippen LogP) is 3.72. The number of sulfonamides is 1. The van der Waals surface area contributed by atoms with Crippen LogP contribution in [0.1, 0.15) is 5.56 Å². The minimum absolute atomic E-state index is 0.149. The summed E-state index contributed by atoms with van der Waals surface area (Å²) in [5.74, 6) is 0.414. The van der Waals surface area contributed by atoms with Crippen molar-refractivity contribution in [3.05, 3.63) is 45.0 Å². The number of hydrogen-bond acceptors (Lipinski definition) is 4. The van der Waals surface area contributed by atoms with Gasteiger partial charge < -0.3 is 4.74 Å². The molecule has 8 heteroatoms. The second-order valence-corrected chi connectivity index (χ2v) is 7.59. The van der Waals surface area contributed by atoms with Gasteiger partial charge in [-0.2, -0.15) is 0 Å². The van der Waals surface area contributed by atoms with Crippen molar-refractivity contribution >= 4 is 47.6 Å². The number of nitrogens with one attached hydrogen (secondary N) is 1. The molecule has 0 saturated carbocycles. The van der Waals surface area contributed by atoms with Gasteiger partial charge in [0.1, 0.15) is 4.90 Å². The Morgan fingerprint density at radius 1 is 1.19 bits per heavy atom. The average Bonchev–Trinajstić information content (AvgIpc) is 2.43. The zero-order valence-electron chi connectivity index (χ0n) is 11.2. The standard InChI is InChI=1S/C13H12Br2N2O3S/c1-8-5-11(15)12(6-10(8)14)21(18,19)17-9-3-4-13(20-2)16-7-9/h3-7,17H,1-2H3. The number of rotatable bonds is 4. The van der Waals surface area contributed by atoms with Gasteiger partial charge in [-0.25, -0.2) is 13.4 Å². The van der Waals surface area contributed by atoms with Gasteiger partial charge >= 0.3 is 0 Å². The normalized spacial score (nSPS) is 11.2. The number of aryl methyl sites for hydroxylation is 1. The second kappa shape index (κ2) is 6.33. The molecule has 1 aromatic carbocycles. The smallest absolute Gasteiger partial charge is 0.263 e. The molecular formula is C13H12Br2N2O3S. The molecule has 0 spiro atoms. The van der Waals surface area contributed by atoms with Crippen LogP contribution in [-0.2, 0) is 10.0 Å². The van der Waals surface area contributed by atoms with Gasteiger partial charge in [-0.15, -0.1) is 0 Å². The third kappa shape index (κ3) is 3.75. The summed E-state index contributed by atoms with van der Waals surface area (Å²) in [6, 6.07) is 6.46. The maximum atomic E-state index is 12.4. The first-order valence-corrected chi connectivity index (χ1v) is 8.89. The van der Waals surface area contributed by atoms with E-state index in [1.165, 1.54) is 13.3 Å². The Morgan fingerprint density at radius 2 is 1.90 bits per heavy atom. The van der Waals surface area contributed by atoms with E-state index in [-0.39, 0.29) is 4.90 Å². The molecule has 0 aliphatic heterocycles. The molecule has 0 amide bonds. The van der Waals surface area contributed by atoms with E-state index in [2.05, 4.69) is 41.6 Å². The first-order valence-electron chi connectivity index (χ1n) is 5.82. The zero-order valence-corrected chi connectivity index (χ0v) is 15.2. The van der Waals surface area contributed by atoms with E-state index in [1.807, 2.05) is 6.92 Å². The lowest BCUT2D eigenvalue weighted by atomic mass is 10.2. The Morgan fingerprint density at radius 3 is 2.48 bits per heavy atom. The van der Waals surface area contributed by atoms with E-state index in [0.717, 1.165) is 10.0 Å². The lowest BCUT2D eigenvalue weighted by Gasteiger charge is -2.11. The number of aromatic nitrogens is 1. The summed E-state index contributed by atoms with van der Waals surface area (Å²) in [6.07, 6.45) is 1.40. The fourth-order valence-electron chi connectivity index (χ4n) is 1.61. The van der Waals surface area contributed by atoms with E-state index in [1.54, 1.807) is 24.3 Å². The second-order valence-electron chi connectivity index (χ2n) is 4.23. The molecule has 1 aromatic heterocycles. The maximum Gasteiger partial charge on any atom is 0.263 e. The number of methoxy groups -OCH3 is 1. The van der Waals surface area contributed by atoms with Gasteiger partial charge in [-0.05, 0) is 46.6 Å². The lowest BCUT2D eigenvalue weighted by molar-refractivity contribution is 0.398. The monoisotopic (exact) mass is 434 g/mol. The summed E-state index contributed by atoms with van der Waals surface area (Å²) in [6.45, 7) is 1.88. The van der Waals surface area contributed by atoms with Crippen molar-refractivity contribution in [1.82, 2.24) is 4.98 Å². The summed E-state index contributed by atoms with van der Waals surface area (Å²) < 4.78 is 33.5. The minimum Gasteiger partial charge on any atom is -0.481 e. The molecule has 0 aliphatic rings. The largest absolute Gasteiger partial charge is 0.481 e. The van der Waals surface area contributed by atoms with Crippen LogP contribution in [0.15, 0.2) is 44.3 Å². The van der Waals surface area contributed by atoms with E-state index in [0.29, 0.717) is 16.0 Å². The molecule has 0 atom stereocenters. The molecule has 0 unspecified atom stereocenters. The third-order valence-electron chi connectivity index (χ3n) is 2.70. The highest BCUT2D eigenvalue weighted by Gasteiger charge is 2.19. The summed E-state index contributed by atoms with van der Waals surface area (Å²) in [5, 5.41) is 0. The van der Waals surface area contributed by atoms with Crippen LogP contribution in [0.25, 0.3) is 0 Å². The molecule has 112 valence electrons. The van der Waals surface area contributed by atoms with Crippen molar-refractivity contribution in [3.8, 4) is 5.88 Å². The van der Waals surface area contributed by atoms with Crippen molar-refractivity contribution in [2.45, 2.75) is 11.8 Å².